The molecule has 1 unspecified atom stereocenters. The van der Waals surface area contributed by atoms with Gasteiger partial charge in [0.15, 0.2) is 0 Å². The number of phosphoric acid groups is 1. The fourth-order valence-electron chi connectivity index (χ4n) is 9.63. The Balaban J connectivity index is 3.90. The highest BCUT2D eigenvalue weighted by atomic mass is 31.2. The Labute approximate surface area is 437 Å². The summed E-state index contributed by atoms with van der Waals surface area (Å²) in [5.74, 6) is -0.170. The molecule has 8 nitrogen and oxygen atoms in total. The highest BCUT2D eigenvalue weighted by molar-refractivity contribution is 7.47. The summed E-state index contributed by atoms with van der Waals surface area (Å²) in [4.78, 5) is 23.3. The van der Waals surface area contributed by atoms with Crippen molar-refractivity contribution in [3.8, 4) is 0 Å². The summed E-state index contributed by atoms with van der Waals surface area (Å²) >= 11 is 0. The average molecular weight is 1010 g/mol. The van der Waals surface area contributed by atoms with Gasteiger partial charge in [-0.1, -0.05) is 309 Å². The second-order valence-corrected chi connectivity index (χ2v) is 24.3. The average Bonchev–Trinajstić information content (AvgIpc) is 3.32. The molecule has 0 aliphatic carbocycles. The lowest BCUT2D eigenvalue weighted by Crippen LogP contribution is -2.45. The SMILES string of the molecule is CCCCCCCCCCCCC/C=C/[C@@H](O)[C@H](COP(=O)(O)OCC[N+](C)(C)C)NC(=O)CCCCCCCCCCCCCCCCCCCCCCCCCCCCCCCCCCCCC. The quantitative estimate of drug-likeness (QED) is 0.0243. The largest absolute Gasteiger partial charge is 0.472 e. The van der Waals surface area contributed by atoms with Gasteiger partial charge in [-0.25, -0.2) is 4.57 Å². The van der Waals surface area contributed by atoms with Gasteiger partial charge in [-0.05, 0) is 19.3 Å². The van der Waals surface area contributed by atoms with Gasteiger partial charge < -0.3 is 19.8 Å². The molecule has 9 heteroatoms. The Morgan fingerprint density at radius 1 is 0.471 bits per heavy atom. The van der Waals surface area contributed by atoms with E-state index >= 15 is 0 Å². The lowest BCUT2D eigenvalue weighted by Gasteiger charge is -2.25. The Morgan fingerprint density at radius 2 is 0.757 bits per heavy atom. The van der Waals surface area contributed by atoms with Crippen LogP contribution in [-0.2, 0) is 18.4 Å². The zero-order chi connectivity index (χ0) is 51.3. The van der Waals surface area contributed by atoms with Crippen molar-refractivity contribution in [2.45, 2.75) is 334 Å². The number of unbranched alkanes of at least 4 members (excludes halogenated alkanes) is 45. The van der Waals surface area contributed by atoms with Crippen LogP contribution in [0.25, 0.3) is 0 Å². The Bertz CT molecular complexity index is 1150. The van der Waals surface area contributed by atoms with Gasteiger partial charge in [0.1, 0.15) is 13.2 Å². The van der Waals surface area contributed by atoms with Gasteiger partial charge >= 0.3 is 7.82 Å². The third-order valence-electron chi connectivity index (χ3n) is 14.5. The molecule has 0 aromatic carbocycles. The molecule has 0 aromatic heterocycles. The van der Waals surface area contributed by atoms with Crippen LogP contribution in [0.2, 0.25) is 0 Å². The molecule has 0 saturated heterocycles. The molecule has 0 spiro atoms. The molecule has 0 fully saturated rings. The number of phosphoric ester groups is 1. The maximum Gasteiger partial charge on any atom is 0.472 e. The van der Waals surface area contributed by atoms with Crippen LogP contribution in [-0.4, -0.2) is 73.4 Å². The molecule has 0 radical (unpaired) electrons. The van der Waals surface area contributed by atoms with Crippen LogP contribution in [0.4, 0.5) is 0 Å². The van der Waals surface area contributed by atoms with E-state index in [1.54, 1.807) is 6.08 Å². The minimum absolute atomic E-state index is 0.0650. The predicted molar refractivity (Wildman–Crippen MR) is 305 cm³/mol. The molecule has 0 saturated carbocycles. The number of nitrogens with zero attached hydrogens (tertiary/aromatic N) is 1. The number of carbonyl (C=O) groups excluding carboxylic acids is 1. The smallest absolute Gasteiger partial charge is 0.387 e. The van der Waals surface area contributed by atoms with Gasteiger partial charge in [0, 0.05) is 6.42 Å². The van der Waals surface area contributed by atoms with Gasteiger partial charge in [-0.2, -0.15) is 0 Å². The normalized spacial score (nSPS) is 13.9. The number of rotatable bonds is 58. The first-order chi connectivity index (χ1) is 34.0. The Hall–Kier alpha value is -0.760. The summed E-state index contributed by atoms with van der Waals surface area (Å²) in [5.41, 5.74) is 0. The number of carbonyl (C=O) groups is 1. The van der Waals surface area contributed by atoms with Crippen molar-refractivity contribution < 1.29 is 32.9 Å². The second kappa shape index (κ2) is 53.1. The Kier molecular flexibility index (Phi) is 52.5. The number of amides is 1. The number of likely N-dealkylation sites (N-methyl/N-ethyl adjacent to an activating group) is 1. The van der Waals surface area contributed by atoms with Crippen LogP contribution in [0.5, 0.6) is 0 Å². The molecule has 0 bridgehead atoms. The molecule has 418 valence electrons. The van der Waals surface area contributed by atoms with Crippen molar-refractivity contribution in [2.75, 3.05) is 40.9 Å². The minimum atomic E-state index is -4.34. The number of quaternary nitrogens is 1. The van der Waals surface area contributed by atoms with Crippen molar-refractivity contribution in [3.63, 3.8) is 0 Å². The highest BCUT2D eigenvalue weighted by Crippen LogP contribution is 2.43. The van der Waals surface area contributed by atoms with E-state index in [-0.39, 0.29) is 19.1 Å². The van der Waals surface area contributed by atoms with Gasteiger partial charge in [0.05, 0.1) is 39.9 Å². The summed E-state index contributed by atoms with van der Waals surface area (Å²) < 4.78 is 23.7. The number of hydrogen-bond donors (Lipinski definition) is 3. The van der Waals surface area contributed by atoms with Gasteiger partial charge in [-0.15, -0.1) is 0 Å². The first-order valence-electron chi connectivity index (χ1n) is 31.1. The van der Waals surface area contributed by atoms with E-state index in [0.29, 0.717) is 17.4 Å². The van der Waals surface area contributed by atoms with E-state index in [0.717, 1.165) is 38.5 Å². The summed E-state index contributed by atoms with van der Waals surface area (Å²) in [7, 11) is 1.59. The lowest BCUT2D eigenvalue weighted by molar-refractivity contribution is -0.870. The number of hydrogen-bond acceptors (Lipinski definition) is 5. The summed E-state index contributed by atoms with van der Waals surface area (Å²) in [6, 6.07) is -0.841. The van der Waals surface area contributed by atoms with E-state index in [2.05, 4.69) is 19.2 Å². The zero-order valence-electron chi connectivity index (χ0n) is 47.8. The van der Waals surface area contributed by atoms with Crippen LogP contribution in [0.15, 0.2) is 12.2 Å². The fourth-order valence-corrected chi connectivity index (χ4v) is 10.4. The van der Waals surface area contributed by atoms with E-state index in [4.69, 9.17) is 9.05 Å². The van der Waals surface area contributed by atoms with Crippen molar-refractivity contribution in [3.05, 3.63) is 12.2 Å². The highest BCUT2D eigenvalue weighted by Gasteiger charge is 2.27. The molecule has 3 N–H and O–H groups in total. The van der Waals surface area contributed by atoms with Crippen molar-refractivity contribution in [2.24, 2.45) is 0 Å². The summed E-state index contributed by atoms with van der Waals surface area (Å²) in [6.07, 6.45) is 66.4. The molecular weight excluding hydrogens is 888 g/mol. The van der Waals surface area contributed by atoms with Crippen molar-refractivity contribution in [1.29, 1.82) is 0 Å². The minimum Gasteiger partial charge on any atom is -0.387 e. The van der Waals surface area contributed by atoms with Crippen LogP contribution in [0.3, 0.4) is 0 Å². The second-order valence-electron chi connectivity index (χ2n) is 22.8. The van der Waals surface area contributed by atoms with E-state index in [1.165, 1.54) is 263 Å². The molecule has 0 rings (SSSR count). The van der Waals surface area contributed by atoms with Crippen molar-refractivity contribution >= 4 is 13.7 Å². The Morgan fingerprint density at radius 3 is 1.06 bits per heavy atom. The monoisotopic (exact) mass is 1010 g/mol. The molecule has 0 aliphatic heterocycles. The molecular formula is C61H124N2O6P+. The summed E-state index contributed by atoms with van der Waals surface area (Å²) in [5, 5.41) is 13.9. The maximum absolute atomic E-state index is 13.0. The maximum atomic E-state index is 13.0. The third kappa shape index (κ3) is 55.0. The number of aliphatic hydroxyl groups excluding tert-OH is 1. The van der Waals surface area contributed by atoms with Gasteiger partial charge in [0.25, 0.3) is 0 Å². The van der Waals surface area contributed by atoms with Crippen LogP contribution >= 0.6 is 7.82 Å². The van der Waals surface area contributed by atoms with Crippen LogP contribution < -0.4 is 5.32 Å². The number of allylic oxidation sites excluding steroid dienone is 1. The van der Waals surface area contributed by atoms with E-state index < -0.39 is 20.0 Å². The zero-order valence-corrected chi connectivity index (χ0v) is 48.7. The van der Waals surface area contributed by atoms with E-state index in [1.807, 2.05) is 27.2 Å². The first-order valence-corrected chi connectivity index (χ1v) is 32.6. The van der Waals surface area contributed by atoms with Gasteiger partial charge in [0.2, 0.25) is 5.91 Å². The molecule has 70 heavy (non-hydrogen) atoms. The molecule has 0 aromatic rings. The third-order valence-corrected chi connectivity index (χ3v) is 15.5. The van der Waals surface area contributed by atoms with Gasteiger partial charge in [-0.3, -0.25) is 13.8 Å². The molecule has 1 amide bonds. The molecule has 0 heterocycles. The molecule has 0 aliphatic rings. The van der Waals surface area contributed by atoms with Crippen LogP contribution in [0.1, 0.15) is 322 Å². The van der Waals surface area contributed by atoms with Crippen molar-refractivity contribution in [1.82, 2.24) is 5.32 Å². The van der Waals surface area contributed by atoms with Crippen LogP contribution in [0, 0.1) is 0 Å². The number of nitrogens with one attached hydrogen (secondary N) is 1. The molecule has 3 atom stereocenters. The summed E-state index contributed by atoms with van der Waals surface area (Å²) in [6.45, 7) is 4.85. The number of aliphatic hydroxyl groups is 1. The first kappa shape index (κ1) is 69.2. The topological polar surface area (TPSA) is 105 Å². The standard InChI is InChI=1S/C61H123N2O6P/c1-6-8-10-12-14-16-18-20-21-22-23-24-25-26-27-28-29-30-31-32-33-34-35-36-37-38-39-40-41-43-45-47-49-51-53-55-61(65)62-59(58-69-70(66,67)68-57-56-63(3,4)5)60(64)54-52-50-48-46-44-42-19-17-15-13-11-9-7-2/h52,54,59-60,64H,6-51,53,55-58H2,1-5H3,(H-,62,65,66,67)/p+1/b54-52+/t59-,60+/m0/s1. The van der Waals surface area contributed by atoms with E-state index in [9.17, 15) is 19.4 Å². The lowest BCUT2D eigenvalue weighted by atomic mass is 10.0. The predicted octanol–water partition coefficient (Wildman–Crippen LogP) is 19.0. The fraction of sp³-hybridized carbons (Fsp3) is 0.951.